The smallest absolute Gasteiger partial charge is 0.290 e. The van der Waals surface area contributed by atoms with Gasteiger partial charge in [-0.1, -0.05) is 0 Å². The molecule has 308 valence electrons. The van der Waals surface area contributed by atoms with Crippen molar-refractivity contribution in [2.24, 2.45) is 14.1 Å². The average molecular weight is 801 g/mol. The molecule has 1 saturated heterocycles. The zero-order chi connectivity index (χ0) is 40.6. The number of anilines is 4. The van der Waals surface area contributed by atoms with E-state index in [2.05, 4.69) is 61.6 Å². The molecule has 1 aliphatic heterocycles. The lowest BCUT2D eigenvalue weighted by Crippen LogP contribution is -2.33. The third-order valence-corrected chi connectivity index (χ3v) is 9.86. The first kappa shape index (κ1) is 39.9. The summed E-state index contributed by atoms with van der Waals surface area (Å²) in [4.78, 5) is 41.9. The lowest BCUT2D eigenvalue weighted by molar-refractivity contribution is -0.122. The topological polar surface area (TPSA) is 284 Å². The van der Waals surface area contributed by atoms with Crippen molar-refractivity contribution in [3.05, 3.63) is 60.9 Å². The van der Waals surface area contributed by atoms with Crippen LogP contribution in [-0.4, -0.2) is 128 Å². The molecule has 23 nitrogen and oxygen atoms in total. The Morgan fingerprint density at radius 3 is 2.12 bits per heavy atom. The van der Waals surface area contributed by atoms with Crippen LogP contribution in [0.25, 0.3) is 11.2 Å². The van der Waals surface area contributed by atoms with E-state index < -0.39 is 24.5 Å². The van der Waals surface area contributed by atoms with Crippen LogP contribution in [0.1, 0.15) is 62.2 Å². The number of aliphatic hydroxyl groups excluding tert-OH is 2. The van der Waals surface area contributed by atoms with Crippen molar-refractivity contribution in [1.29, 1.82) is 0 Å². The first-order valence-electron chi connectivity index (χ1n) is 19.1. The van der Waals surface area contributed by atoms with Gasteiger partial charge < -0.3 is 50.5 Å². The Morgan fingerprint density at radius 2 is 1.50 bits per heavy atom. The molecule has 2 aliphatic rings. The fraction of sp³-hybridized carbons (Fsp3) is 0.514. The first-order valence-corrected chi connectivity index (χ1v) is 19.1. The van der Waals surface area contributed by atoms with Crippen LogP contribution in [0.4, 0.5) is 23.5 Å². The van der Waals surface area contributed by atoms with Crippen LogP contribution in [0.5, 0.6) is 0 Å². The summed E-state index contributed by atoms with van der Waals surface area (Å²) < 4.78 is 11.6. The maximum absolute atomic E-state index is 11.2. The number of carboxylic acid groups (broad SMARTS) is 1. The van der Waals surface area contributed by atoms with Gasteiger partial charge in [-0.25, -0.2) is 19.9 Å². The van der Waals surface area contributed by atoms with E-state index in [0.717, 1.165) is 49.3 Å². The quantitative estimate of drug-likeness (QED) is 0.0711. The summed E-state index contributed by atoms with van der Waals surface area (Å²) in [5, 5.41) is 55.2. The van der Waals surface area contributed by atoms with Gasteiger partial charge in [0.25, 0.3) is 6.47 Å². The fourth-order valence-corrected chi connectivity index (χ4v) is 6.99. The summed E-state index contributed by atoms with van der Waals surface area (Å²) in [5.74, 6) is 2.50. The number of aryl methyl sites for hydroxylation is 3. The summed E-state index contributed by atoms with van der Waals surface area (Å²) in [7, 11) is 3.89. The molecule has 23 heteroatoms. The maximum Gasteiger partial charge on any atom is 0.290 e. The molecule has 0 radical (unpaired) electrons. The Hall–Kier alpha value is -6.33. The second kappa shape index (κ2) is 18.3. The number of hydrogen-bond donors (Lipinski definition) is 7. The molecule has 8 rings (SSSR count). The molecule has 7 heterocycles. The normalized spacial score (nSPS) is 21.7. The number of rotatable bonds is 15. The van der Waals surface area contributed by atoms with Crippen LogP contribution in [0.15, 0.2) is 43.6 Å². The summed E-state index contributed by atoms with van der Waals surface area (Å²) in [6.45, 7) is 3.36. The van der Waals surface area contributed by atoms with Crippen LogP contribution < -0.4 is 21.3 Å². The highest BCUT2D eigenvalue weighted by Crippen LogP contribution is 2.39. The third kappa shape index (κ3) is 9.44. The van der Waals surface area contributed by atoms with Crippen LogP contribution in [0.3, 0.4) is 0 Å². The largest absolute Gasteiger partial charge is 0.483 e. The number of tetrazole rings is 1. The van der Waals surface area contributed by atoms with E-state index in [1.54, 1.807) is 29.7 Å². The number of fused-ring (bicyclic) bond motifs is 1. The number of imidazole rings is 3. The molecular formula is C35H48N18O5. The number of nitrogens with zero attached hydrogens (tertiary/aromatic N) is 14. The van der Waals surface area contributed by atoms with Gasteiger partial charge in [0.1, 0.15) is 18.0 Å². The van der Waals surface area contributed by atoms with Gasteiger partial charge in [-0.15, -0.1) is 10.2 Å². The van der Waals surface area contributed by atoms with Crippen molar-refractivity contribution in [3.63, 3.8) is 0 Å². The van der Waals surface area contributed by atoms with E-state index in [9.17, 15) is 10.2 Å². The number of aromatic nitrogens is 14. The molecule has 0 bridgehead atoms. The molecule has 7 N–H and O–H groups in total. The average Bonchev–Trinajstić information content (AvgIpc) is 4.07. The van der Waals surface area contributed by atoms with E-state index in [4.69, 9.17) is 24.6 Å². The van der Waals surface area contributed by atoms with Gasteiger partial charge >= 0.3 is 0 Å². The highest BCUT2D eigenvalue weighted by Gasteiger charge is 2.47. The molecule has 0 spiro atoms. The zero-order valence-electron chi connectivity index (χ0n) is 32.4. The third-order valence-electron chi connectivity index (χ3n) is 9.86. The number of ether oxygens (including phenoxy) is 1. The Bertz CT molecular complexity index is 2250. The van der Waals surface area contributed by atoms with E-state index in [0.29, 0.717) is 54.9 Å². The van der Waals surface area contributed by atoms with Crippen molar-refractivity contribution < 1.29 is 24.9 Å². The van der Waals surface area contributed by atoms with E-state index in [-0.39, 0.29) is 24.4 Å². The van der Waals surface area contributed by atoms with E-state index in [1.807, 2.05) is 48.6 Å². The summed E-state index contributed by atoms with van der Waals surface area (Å²) >= 11 is 0. The molecule has 4 atom stereocenters. The predicted octanol–water partition coefficient (Wildman–Crippen LogP) is 0.927. The highest BCUT2D eigenvalue weighted by atomic mass is 16.6. The molecule has 1 saturated carbocycles. The van der Waals surface area contributed by atoms with E-state index >= 15 is 0 Å². The van der Waals surface area contributed by atoms with E-state index in [1.165, 1.54) is 4.80 Å². The summed E-state index contributed by atoms with van der Waals surface area (Å²) in [6.07, 6.45) is 11.3. The SMILES string of the molecule is CCn1nnc([C@H]2O[C@@H](n3cnc4c(N[C@H]5CC[C@H](Nc6ccnc(NCCc7cn(C)cn7)n6)CC5)nc(NCCc5cn(C)cn5)nc43)[C@H](O)[C@@H]2O)n1.O=CO. The highest BCUT2D eigenvalue weighted by molar-refractivity contribution is 5.84. The molecule has 2 fully saturated rings. The predicted molar refractivity (Wildman–Crippen MR) is 209 cm³/mol. The van der Waals surface area contributed by atoms with Crippen molar-refractivity contribution in [3.8, 4) is 0 Å². The Kier molecular flexibility index (Phi) is 12.6. The van der Waals surface area contributed by atoms with Gasteiger partial charge in [0.15, 0.2) is 29.3 Å². The van der Waals surface area contributed by atoms with Crippen molar-refractivity contribution in [2.75, 3.05) is 34.4 Å². The van der Waals surface area contributed by atoms with Gasteiger partial charge in [0, 0.05) is 70.7 Å². The Labute approximate surface area is 332 Å². The van der Waals surface area contributed by atoms with Crippen LogP contribution >= 0.6 is 0 Å². The lowest BCUT2D eigenvalue weighted by atomic mass is 9.91. The second-order valence-electron chi connectivity index (χ2n) is 14.1. The Balaban J connectivity index is 0.00000166. The summed E-state index contributed by atoms with van der Waals surface area (Å²) in [5.41, 5.74) is 2.91. The van der Waals surface area contributed by atoms with Gasteiger partial charge in [-0.2, -0.15) is 19.7 Å². The number of aliphatic hydroxyl groups is 2. The zero-order valence-corrected chi connectivity index (χ0v) is 32.4. The second-order valence-corrected chi connectivity index (χ2v) is 14.1. The minimum absolute atomic E-state index is 0.128. The monoisotopic (exact) mass is 800 g/mol. The maximum atomic E-state index is 11.2. The van der Waals surface area contributed by atoms with Crippen LogP contribution in [0, 0.1) is 0 Å². The number of carbonyl (C=O) groups is 1. The van der Waals surface area contributed by atoms with Gasteiger partial charge in [-0.05, 0) is 43.9 Å². The number of hydrogen-bond acceptors (Lipinski definition) is 18. The standard InChI is InChI=1S/C34H46N18O3.CH2O2/c1-4-52-47-30(46-48-52)28-26(53)27(54)32(55-28)51-19-40-25-29(44-34(45-31(25)51)37-13-10-23-16-50(3)18-39-23)42-21-7-5-20(6-8-21)41-24-11-14-36-33(43-24)35-12-9-22-15-49(2)17-38-22;2-1-3/h11,14-21,26-28,32,53-54H,4-10,12-13H2,1-3H3,(H2,35,36,41,43)(H2,37,42,44,45);1H,(H,2,3)/t20-,21-,26-,27+,28-,32+;/m0./s1. The van der Waals surface area contributed by atoms with Crippen LogP contribution in [0.2, 0.25) is 0 Å². The first-order chi connectivity index (χ1) is 28.2. The fourth-order valence-electron chi connectivity index (χ4n) is 6.99. The van der Waals surface area contributed by atoms with Crippen molar-refractivity contribution in [1.82, 2.24) is 68.8 Å². The van der Waals surface area contributed by atoms with Gasteiger partial charge in [0.05, 0.1) is 36.9 Å². The molecule has 1 aliphatic carbocycles. The van der Waals surface area contributed by atoms with Crippen molar-refractivity contribution in [2.45, 2.75) is 88.6 Å². The molecule has 0 amide bonds. The molecule has 6 aromatic heterocycles. The lowest BCUT2D eigenvalue weighted by Gasteiger charge is -2.30. The van der Waals surface area contributed by atoms with Gasteiger partial charge in [0.2, 0.25) is 17.7 Å². The summed E-state index contributed by atoms with van der Waals surface area (Å²) in [6, 6.07) is 2.27. The van der Waals surface area contributed by atoms with Gasteiger partial charge in [-0.3, -0.25) is 9.36 Å². The Morgan fingerprint density at radius 1 is 0.845 bits per heavy atom. The molecule has 0 unspecified atom stereocenters. The molecular weight excluding hydrogens is 753 g/mol. The van der Waals surface area contributed by atoms with Crippen LogP contribution in [-0.2, 0) is 43.0 Å². The van der Waals surface area contributed by atoms with Crippen molar-refractivity contribution >= 4 is 41.2 Å². The molecule has 6 aromatic rings. The minimum Gasteiger partial charge on any atom is -0.483 e. The molecule has 58 heavy (non-hydrogen) atoms. The molecule has 0 aromatic carbocycles. The number of nitrogens with one attached hydrogen (secondary N) is 4. The minimum atomic E-state index is -1.31.